The maximum atomic E-state index is 6.89. The third-order valence-electron chi connectivity index (χ3n) is 16.1. The molecule has 13 heterocycles. The third-order valence-corrected chi connectivity index (χ3v) is 17.0. The average Bonchev–Trinajstić information content (AvgIpc) is 4.16. The van der Waals surface area contributed by atoms with Crippen molar-refractivity contribution in [2.75, 3.05) is 49.0 Å². The summed E-state index contributed by atoms with van der Waals surface area (Å²) in [6.07, 6.45) is 18.4. The number of nitrogens with zero attached hydrogens (tertiary/aromatic N) is 9. The fourth-order valence-corrected chi connectivity index (χ4v) is 12.9. The molecule has 0 amide bonds. The Morgan fingerprint density at radius 3 is 1.35 bits per heavy atom. The molecule has 1 unspecified atom stereocenters. The molecule has 10 aliphatic heterocycles. The molecule has 0 spiro atoms. The summed E-state index contributed by atoms with van der Waals surface area (Å²) in [5.74, 6) is 4.95. The van der Waals surface area contributed by atoms with Crippen LogP contribution in [0, 0.1) is 44.1 Å². The van der Waals surface area contributed by atoms with E-state index in [0.29, 0.717) is 38.2 Å². The van der Waals surface area contributed by atoms with E-state index in [1.807, 2.05) is 41.5 Å². The van der Waals surface area contributed by atoms with Crippen molar-refractivity contribution in [3.63, 3.8) is 0 Å². The van der Waals surface area contributed by atoms with Crippen molar-refractivity contribution in [3.8, 4) is 17.2 Å². The molecule has 1 radical (unpaired) electrons. The van der Waals surface area contributed by atoms with Gasteiger partial charge < -0.3 is 29.4 Å². The summed E-state index contributed by atoms with van der Waals surface area (Å²) in [6.45, 7) is 9.13. The Balaban J connectivity index is 0.00000516. The van der Waals surface area contributed by atoms with Gasteiger partial charge in [0.1, 0.15) is 0 Å². The minimum atomic E-state index is 0. The summed E-state index contributed by atoms with van der Waals surface area (Å²) < 4.78 is 5.42. The first-order valence-corrected chi connectivity index (χ1v) is 27.2. The summed E-state index contributed by atoms with van der Waals surface area (Å²) in [4.78, 5) is 33.3. The van der Waals surface area contributed by atoms with Crippen molar-refractivity contribution >= 4 is 86.4 Å². The van der Waals surface area contributed by atoms with E-state index in [-0.39, 0.29) is 20.1 Å². The number of rotatable bonds is 0. The Kier molecular flexibility index (Phi) is 12.0. The summed E-state index contributed by atoms with van der Waals surface area (Å²) >= 11 is 20.6. The van der Waals surface area contributed by atoms with Crippen LogP contribution in [-0.4, -0.2) is 19.6 Å². The van der Waals surface area contributed by atoms with Gasteiger partial charge in [-0.25, -0.2) is 16.7 Å². The van der Waals surface area contributed by atoms with Crippen molar-refractivity contribution in [2.45, 2.75) is 83.5 Å². The Morgan fingerprint density at radius 2 is 0.880 bits per heavy atom. The molecule has 3 aromatic heterocycles. The van der Waals surface area contributed by atoms with Gasteiger partial charge >= 0.3 is 0 Å². The van der Waals surface area contributed by atoms with E-state index in [4.69, 9.17) is 49.3 Å². The largest absolute Gasteiger partial charge is 0.478 e. The van der Waals surface area contributed by atoms with Gasteiger partial charge in [0.05, 0.1) is 50.7 Å². The Hall–Kier alpha value is -5.95. The molecule has 0 saturated heterocycles. The SMILES string of the molecule is Clc1ccc2c3c1O[n+]1ccc4[c-]c1N3[CH-]N2CCCc1ccc2c(c1)CCCN1[CH-]N3c5c1ccc(Cl)c5O[n+]1ccc([c-]c13)CCCC(CC4)CCc1[c-]c3[n+](cc1)Oc1c(Cl)ccc4c1N3[CH-]N4CCC2.[Ir]. The molecule has 75 heavy (non-hydrogen) atoms. The molecule has 12 nitrogen and oxygen atoms in total. The average molecular weight is 1230 g/mol. The normalized spacial score (nSPS) is 18.8. The maximum Gasteiger partial charge on any atom is 0.245 e. The molecular formula is C59H51Cl3IrN9O3-3. The van der Waals surface area contributed by atoms with E-state index in [1.54, 1.807) is 9.46 Å². The summed E-state index contributed by atoms with van der Waals surface area (Å²) in [5, 5.41) is 1.76. The second-order valence-electron chi connectivity index (χ2n) is 20.6. The van der Waals surface area contributed by atoms with Crippen LogP contribution in [-0.2, 0) is 58.6 Å². The van der Waals surface area contributed by atoms with Gasteiger partial charge in [-0.3, -0.25) is 14.5 Å². The molecular weight excluding hydrogens is 1180 g/mol. The fourth-order valence-electron chi connectivity index (χ4n) is 12.3. The quantitative estimate of drug-likeness (QED) is 0.109. The zero-order valence-corrected chi connectivity index (χ0v) is 45.7. The van der Waals surface area contributed by atoms with Crippen LogP contribution in [0.4, 0.5) is 51.6 Å². The van der Waals surface area contributed by atoms with E-state index in [2.05, 4.69) is 122 Å². The molecule has 0 aliphatic carbocycles. The van der Waals surface area contributed by atoms with Gasteiger partial charge in [0.15, 0.2) is 17.1 Å². The molecule has 7 aromatic rings. The van der Waals surface area contributed by atoms with E-state index >= 15 is 0 Å². The third kappa shape index (κ3) is 8.13. The number of hydrogen-bond donors (Lipinski definition) is 0. The molecule has 0 fully saturated rings. The van der Waals surface area contributed by atoms with Gasteiger partial charge in [-0.2, -0.15) is 18.2 Å². The number of hydrogen-bond acceptors (Lipinski definition) is 9. The van der Waals surface area contributed by atoms with E-state index < -0.39 is 0 Å². The van der Waals surface area contributed by atoms with Crippen molar-refractivity contribution in [1.29, 1.82) is 0 Å². The van der Waals surface area contributed by atoms with Crippen LogP contribution >= 0.6 is 34.8 Å². The second kappa shape index (κ2) is 19.0. The van der Waals surface area contributed by atoms with Gasteiger partial charge in [-0.15, -0.1) is 18.2 Å². The second-order valence-corrected chi connectivity index (χ2v) is 21.9. The van der Waals surface area contributed by atoms with Crippen LogP contribution in [0.3, 0.4) is 0 Å². The van der Waals surface area contributed by atoms with Crippen molar-refractivity contribution < 1.29 is 48.8 Å². The van der Waals surface area contributed by atoms with Gasteiger partial charge in [-0.05, 0) is 130 Å². The Morgan fingerprint density at radius 1 is 0.453 bits per heavy atom. The van der Waals surface area contributed by atoms with E-state index in [1.165, 1.54) is 16.7 Å². The molecule has 0 N–H and O–H groups in total. The summed E-state index contributed by atoms with van der Waals surface area (Å²) in [7, 11) is 0. The van der Waals surface area contributed by atoms with Crippen LogP contribution in [0.15, 0.2) is 91.4 Å². The van der Waals surface area contributed by atoms with Crippen molar-refractivity contribution in [2.24, 2.45) is 5.92 Å². The number of anilines is 9. The predicted molar refractivity (Wildman–Crippen MR) is 285 cm³/mol. The van der Waals surface area contributed by atoms with Crippen LogP contribution in [0.2, 0.25) is 15.1 Å². The monoisotopic (exact) mass is 1230 g/mol. The topological polar surface area (TPSA) is 58.8 Å². The first kappa shape index (κ1) is 47.5. The molecule has 16 bridgehead atoms. The minimum Gasteiger partial charge on any atom is -0.478 e. The molecule has 17 rings (SSSR count). The van der Waals surface area contributed by atoms with E-state index in [9.17, 15) is 0 Å². The first-order chi connectivity index (χ1) is 36.3. The van der Waals surface area contributed by atoms with Gasteiger partial charge in [0.2, 0.25) is 34.7 Å². The van der Waals surface area contributed by atoms with Crippen LogP contribution in [0.5, 0.6) is 17.2 Å². The van der Waals surface area contributed by atoms with Gasteiger partial charge in [0.25, 0.3) is 0 Å². The van der Waals surface area contributed by atoms with Gasteiger partial charge in [0, 0.05) is 20.1 Å². The smallest absolute Gasteiger partial charge is 0.245 e. The number of halogens is 3. The zero-order valence-electron chi connectivity index (χ0n) is 41.0. The molecule has 16 heteroatoms. The number of benzene rings is 4. The summed E-state index contributed by atoms with van der Waals surface area (Å²) in [6, 6.07) is 37.3. The number of fused-ring (bicyclic) bond motifs is 5. The number of aromatic nitrogens is 3. The van der Waals surface area contributed by atoms with Crippen LogP contribution in [0.1, 0.15) is 78.3 Å². The number of pyridine rings is 3. The van der Waals surface area contributed by atoms with E-state index in [0.717, 1.165) is 171 Å². The Labute approximate surface area is 465 Å². The molecule has 383 valence electrons. The van der Waals surface area contributed by atoms with Crippen LogP contribution < -0.4 is 58.1 Å². The van der Waals surface area contributed by atoms with Crippen molar-refractivity contribution in [1.82, 2.24) is 0 Å². The fraction of sp³-hybridized carbons (Fsp3) is 0.288. The Bertz CT molecular complexity index is 3470. The predicted octanol–water partition coefficient (Wildman–Crippen LogP) is 11.3. The minimum absolute atomic E-state index is 0. The molecule has 1 atom stereocenters. The zero-order chi connectivity index (χ0) is 49.2. The standard InChI is InChI=1S/C59H51Cl3N9O3.Ir/c60-45-16-19-48-54-57(45)73-70-29-23-41-12-10-38-5-1-6-40-22-28-69-51(32-40)66-37-65(50-21-18-46(61)58(72-69)55(50)66)27-4-9-44-31-39(7-2-25-63(48)35-67(54)52(70)33-41)14-15-43(44)8-3-26-64-36-68-53-34-42(13-11-38)24-30-71(53)74-59-47(62)17-20-49(64)56(59)68;/h14-24,28-31,35-38H,1-13,25-27H2;/q-3;. The molecule has 4 aromatic carbocycles. The molecule has 0 saturated carbocycles. The van der Waals surface area contributed by atoms with Crippen molar-refractivity contribution in [3.05, 3.63) is 178 Å². The van der Waals surface area contributed by atoms with Gasteiger partial charge in [-0.1, -0.05) is 119 Å². The number of aryl methyl sites for hydroxylation is 6. The molecule has 10 aliphatic rings. The van der Waals surface area contributed by atoms with Crippen LogP contribution in [0.25, 0.3) is 0 Å². The maximum absolute atomic E-state index is 6.89. The summed E-state index contributed by atoms with van der Waals surface area (Å²) in [5.41, 5.74) is 13.7. The first-order valence-electron chi connectivity index (χ1n) is 26.1.